The number of methoxy groups -OCH3 is 1. The van der Waals surface area contributed by atoms with Crippen LogP contribution < -0.4 is 10.6 Å². The number of rotatable bonds is 4. The number of amides is 1. The lowest BCUT2D eigenvalue weighted by molar-refractivity contribution is -0.126. The zero-order chi connectivity index (χ0) is 13.1. The molecule has 4 heteroatoms. The molecule has 17 heavy (non-hydrogen) atoms. The van der Waals surface area contributed by atoms with Gasteiger partial charge >= 0.3 is 0 Å². The lowest BCUT2D eigenvalue weighted by Crippen LogP contribution is -2.57. The normalized spacial score (nSPS) is 30.1. The number of carbonyl (C=O) groups excluding carboxylic acids is 1. The molecule has 0 radical (unpaired) electrons. The quantitative estimate of drug-likeness (QED) is 0.781. The monoisotopic (exact) mass is 242 g/mol. The maximum absolute atomic E-state index is 12.2. The highest BCUT2D eigenvalue weighted by molar-refractivity contribution is 5.82. The van der Waals surface area contributed by atoms with Gasteiger partial charge in [0, 0.05) is 13.2 Å². The van der Waals surface area contributed by atoms with Crippen LogP contribution in [0, 0.1) is 5.92 Å². The molecule has 3 atom stereocenters. The van der Waals surface area contributed by atoms with Crippen LogP contribution in [0.5, 0.6) is 0 Å². The summed E-state index contributed by atoms with van der Waals surface area (Å²) in [6.07, 6.45) is 2.06. The topological polar surface area (TPSA) is 50.4 Å². The van der Waals surface area contributed by atoms with Crippen molar-refractivity contribution in [2.24, 2.45) is 5.92 Å². The molecular formula is C13H26N2O2. The number of hydrogen-bond acceptors (Lipinski definition) is 3. The first kappa shape index (κ1) is 14.5. The summed E-state index contributed by atoms with van der Waals surface area (Å²) in [7, 11) is 1.65. The number of carbonyl (C=O) groups is 1. The molecule has 3 unspecified atom stereocenters. The van der Waals surface area contributed by atoms with Crippen LogP contribution in [-0.4, -0.2) is 37.2 Å². The minimum atomic E-state index is -0.308. The van der Waals surface area contributed by atoms with E-state index in [-0.39, 0.29) is 17.5 Å². The van der Waals surface area contributed by atoms with Gasteiger partial charge < -0.3 is 15.4 Å². The van der Waals surface area contributed by atoms with Crippen molar-refractivity contribution in [2.75, 3.05) is 13.7 Å². The summed E-state index contributed by atoms with van der Waals surface area (Å²) in [4.78, 5) is 12.2. The van der Waals surface area contributed by atoms with Gasteiger partial charge in [-0.1, -0.05) is 6.92 Å². The van der Waals surface area contributed by atoms with Gasteiger partial charge in [-0.15, -0.1) is 0 Å². The molecule has 1 heterocycles. The Kier molecular flexibility index (Phi) is 4.95. The lowest BCUT2D eigenvalue weighted by Gasteiger charge is -2.35. The van der Waals surface area contributed by atoms with E-state index in [9.17, 15) is 4.79 Å². The Labute approximate surface area is 104 Å². The molecule has 2 N–H and O–H groups in total. The summed E-state index contributed by atoms with van der Waals surface area (Å²) in [5, 5.41) is 6.40. The number of hydrogen-bond donors (Lipinski definition) is 2. The summed E-state index contributed by atoms with van der Waals surface area (Å²) < 4.78 is 5.10. The molecule has 0 aromatic rings. The highest BCUT2D eigenvalue weighted by Crippen LogP contribution is 2.20. The Balaban J connectivity index is 2.52. The summed E-state index contributed by atoms with van der Waals surface area (Å²) in [6, 6.07) is 0.352. The molecule has 100 valence electrons. The van der Waals surface area contributed by atoms with Crippen molar-refractivity contribution in [2.45, 2.75) is 58.2 Å². The first-order valence-corrected chi connectivity index (χ1v) is 6.41. The third-order valence-corrected chi connectivity index (χ3v) is 3.16. The Bertz CT molecular complexity index is 256. The Morgan fingerprint density at radius 2 is 2.06 bits per heavy atom. The van der Waals surface area contributed by atoms with Crippen LogP contribution in [0.25, 0.3) is 0 Å². The molecule has 1 aliphatic rings. The van der Waals surface area contributed by atoms with Gasteiger partial charge in [-0.3, -0.25) is 4.79 Å². The largest absolute Gasteiger partial charge is 0.382 e. The maximum atomic E-state index is 12.2. The Hall–Kier alpha value is -0.610. The van der Waals surface area contributed by atoms with Gasteiger partial charge in [-0.25, -0.2) is 0 Å². The molecular weight excluding hydrogens is 216 g/mol. The van der Waals surface area contributed by atoms with Crippen molar-refractivity contribution in [3.63, 3.8) is 0 Å². The molecule has 0 aromatic carbocycles. The van der Waals surface area contributed by atoms with E-state index in [1.807, 2.05) is 13.8 Å². The first-order chi connectivity index (χ1) is 7.84. The second kappa shape index (κ2) is 5.83. The maximum Gasteiger partial charge on any atom is 0.237 e. The Morgan fingerprint density at radius 3 is 2.59 bits per heavy atom. The predicted octanol–water partition coefficient (Wildman–Crippen LogP) is 1.30. The highest BCUT2D eigenvalue weighted by Gasteiger charge is 2.31. The third kappa shape index (κ3) is 4.64. The van der Waals surface area contributed by atoms with E-state index in [1.165, 1.54) is 0 Å². The smallest absolute Gasteiger partial charge is 0.237 e. The van der Waals surface area contributed by atoms with Crippen LogP contribution in [0.4, 0.5) is 0 Å². The van der Waals surface area contributed by atoms with Crippen LogP contribution >= 0.6 is 0 Å². The fourth-order valence-corrected chi connectivity index (χ4v) is 2.58. The van der Waals surface area contributed by atoms with Crippen LogP contribution in [0.2, 0.25) is 0 Å². The van der Waals surface area contributed by atoms with E-state index in [0.29, 0.717) is 18.6 Å². The number of ether oxygens (including phenoxy) is 1. The van der Waals surface area contributed by atoms with Crippen molar-refractivity contribution in [1.82, 2.24) is 10.6 Å². The van der Waals surface area contributed by atoms with Gasteiger partial charge in [0.05, 0.1) is 18.2 Å². The third-order valence-electron chi connectivity index (χ3n) is 3.16. The zero-order valence-corrected chi connectivity index (χ0v) is 11.7. The van der Waals surface area contributed by atoms with Crippen molar-refractivity contribution in [3.8, 4) is 0 Å². The van der Waals surface area contributed by atoms with Crippen LogP contribution in [0.15, 0.2) is 0 Å². The van der Waals surface area contributed by atoms with E-state index in [2.05, 4.69) is 24.5 Å². The van der Waals surface area contributed by atoms with E-state index in [0.717, 1.165) is 12.8 Å². The van der Waals surface area contributed by atoms with Gasteiger partial charge in [0.1, 0.15) is 0 Å². The molecule has 1 amide bonds. The van der Waals surface area contributed by atoms with Gasteiger partial charge in [-0.05, 0) is 39.5 Å². The molecule has 0 saturated carbocycles. The predicted molar refractivity (Wildman–Crippen MR) is 68.9 cm³/mol. The van der Waals surface area contributed by atoms with Crippen LogP contribution in [0.1, 0.15) is 40.5 Å². The molecule has 1 saturated heterocycles. The number of piperidine rings is 1. The molecule has 4 nitrogen and oxygen atoms in total. The van der Waals surface area contributed by atoms with Crippen LogP contribution in [-0.2, 0) is 9.53 Å². The summed E-state index contributed by atoms with van der Waals surface area (Å²) >= 11 is 0. The van der Waals surface area contributed by atoms with E-state index >= 15 is 0 Å². The van der Waals surface area contributed by atoms with Crippen molar-refractivity contribution in [1.29, 1.82) is 0 Å². The van der Waals surface area contributed by atoms with E-state index in [1.54, 1.807) is 7.11 Å². The standard InChI is InChI=1S/C13H26N2O2/c1-9-6-10(2)14-11(7-9)12(16)15-13(3,4)8-17-5/h9-11,14H,6-8H2,1-5H3,(H,15,16). The minimum absolute atomic E-state index is 0.0649. The average Bonchev–Trinajstić information content (AvgIpc) is 2.14. The van der Waals surface area contributed by atoms with Gasteiger partial charge in [0.25, 0.3) is 0 Å². The highest BCUT2D eigenvalue weighted by atomic mass is 16.5. The lowest BCUT2D eigenvalue weighted by atomic mass is 9.89. The van der Waals surface area contributed by atoms with Crippen molar-refractivity contribution < 1.29 is 9.53 Å². The molecule has 0 aromatic heterocycles. The Morgan fingerprint density at radius 1 is 1.41 bits per heavy atom. The first-order valence-electron chi connectivity index (χ1n) is 6.41. The molecule has 1 rings (SSSR count). The van der Waals surface area contributed by atoms with Gasteiger partial charge in [0.2, 0.25) is 5.91 Å². The fourth-order valence-electron chi connectivity index (χ4n) is 2.58. The summed E-state index contributed by atoms with van der Waals surface area (Å²) in [5.74, 6) is 0.693. The second-order valence-electron chi connectivity index (χ2n) is 6.00. The molecule has 0 bridgehead atoms. The van der Waals surface area contributed by atoms with Gasteiger partial charge in [0.15, 0.2) is 0 Å². The number of nitrogens with one attached hydrogen (secondary N) is 2. The molecule has 1 fully saturated rings. The van der Waals surface area contributed by atoms with E-state index in [4.69, 9.17) is 4.74 Å². The molecule has 0 aliphatic carbocycles. The van der Waals surface area contributed by atoms with E-state index < -0.39 is 0 Å². The summed E-state index contributed by atoms with van der Waals surface area (Å²) in [5.41, 5.74) is -0.308. The molecule has 1 aliphatic heterocycles. The van der Waals surface area contributed by atoms with Crippen molar-refractivity contribution in [3.05, 3.63) is 0 Å². The fraction of sp³-hybridized carbons (Fsp3) is 0.923. The zero-order valence-electron chi connectivity index (χ0n) is 11.7. The van der Waals surface area contributed by atoms with Gasteiger partial charge in [-0.2, -0.15) is 0 Å². The van der Waals surface area contributed by atoms with Crippen LogP contribution in [0.3, 0.4) is 0 Å². The molecule has 0 spiro atoms. The summed E-state index contributed by atoms with van der Waals surface area (Å²) in [6.45, 7) is 8.82. The van der Waals surface area contributed by atoms with Crippen molar-refractivity contribution >= 4 is 5.91 Å². The average molecular weight is 242 g/mol. The second-order valence-corrected chi connectivity index (χ2v) is 6.00. The SMILES string of the molecule is COCC(C)(C)NC(=O)C1CC(C)CC(C)N1. The minimum Gasteiger partial charge on any atom is -0.382 e.